The summed E-state index contributed by atoms with van der Waals surface area (Å²) < 4.78 is 0. The number of carbonyl (C=O) groups excluding carboxylic acids is 3. The molecule has 3 aliphatic carbocycles. The van der Waals surface area contributed by atoms with E-state index in [0.717, 1.165) is 24.5 Å². The first-order valence-electron chi connectivity index (χ1n) is 17.2. The fraction of sp³-hybridized carbons (Fsp3) is 0.537. The Morgan fingerprint density at radius 1 is 0.958 bits per heavy atom. The zero-order valence-corrected chi connectivity index (χ0v) is 30.2. The predicted octanol–water partition coefficient (Wildman–Crippen LogP) is 7.84. The van der Waals surface area contributed by atoms with E-state index < -0.39 is 51.0 Å². The van der Waals surface area contributed by atoms with Crippen LogP contribution in [0.5, 0.6) is 5.75 Å². The van der Waals surface area contributed by atoms with Gasteiger partial charge in [-0.15, -0.1) is 0 Å². The Balaban J connectivity index is 1.63. The molecule has 3 aliphatic rings. The standard InChI is InChI=1S/C41H52O7/c1-21(2)27-17-26(16-15-24-11-13-25(14-12-24)18-38(6,7)8)33(43)30-28(27)19-39(9)20-40(10)31(22(3)4)34(44)29(23(5)42)36(46)41(40,48)37(47)32(39)35(30)45/h11-14,17,21-22,31,43-44,47-48H,15-16,18-20H2,1-10H3/t31?,39-,40-,41+/m1/s1. The first kappa shape index (κ1) is 35.6. The number of phenols is 1. The second kappa shape index (κ2) is 11.7. The highest BCUT2D eigenvalue weighted by atomic mass is 16.3. The Morgan fingerprint density at radius 2 is 1.54 bits per heavy atom. The van der Waals surface area contributed by atoms with E-state index in [9.17, 15) is 34.8 Å². The van der Waals surface area contributed by atoms with Gasteiger partial charge >= 0.3 is 0 Å². The van der Waals surface area contributed by atoms with Crippen molar-refractivity contribution >= 4 is 17.3 Å². The van der Waals surface area contributed by atoms with Crippen LogP contribution in [0.1, 0.15) is 120 Å². The fourth-order valence-corrected chi connectivity index (χ4v) is 9.31. The molecule has 4 N–H and O–H groups in total. The molecule has 0 aromatic heterocycles. The lowest BCUT2D eigenvalue weighted by atomic mass is 9.44. The normalized spacial score (nSPS) is 27.4. The van der Waals surface area contributed by atoms with Gasteiger partial charge in [0, 0.05) is 22.3 Å². The van der Waals surface area contributed by atoms with E-state index in [-0.39, 0.29) is 52.7 Å². The highest BCUT2D eigenvalue weighted by Gasteiger charge is 2.71. The molecule has 0 saturated carbocycles. The van der Waals surface area contributed by atoms with Crippen molar-refractivity contribution < 1.29 is 34.8 Å². The van der Waals surface area contributed by atoms with Crippen molar-refractivity contribution in [2.75, 3.05) is 0 Å². The number of allylic oxidation sites excluding steroid dienone is 2. The summed E-state index contributed by atoms with van der Waals surface area (Å²) in [6.45, 7) is 19.0. The molecule has 0 bridgehead atoms. The van der Waals surface area contributed by atoms with Crippen LogP contribution in [0.15, 0.2) is 53.0 Å². The van der Waals surface area contributed by atoms with Crippen LogP contribution in [-0.4, -0.2) is 43.4 Å². The predicted molar refractivity (Wildman–Crippen MR) is 186 cm³/mol. The number of benzene rings is 2. The Kier molecular flexibility index (Phi) is 8.69. The van der Waals surface area contributed by atoms with E-state index in [1.165, 1.54) is 5.56 Å². The molecule has 2 aromatic carbocycles. The van der Waals surface area contributed by atoms with Crippen LogP contribution in [0.4, 0.5) is 0 Å². The maximum Gasteiger partial charge on any atom is 0.209 e. The lowest BCUT2D eigenvalue weighted by Crippen LogP contribution is -2.67. The van der Waals surface area contributed by atoms with E-state index in [2.05, 4.69) is 45.0 Å². The molecule has 7 nitrogen and oxygen atoms in total. The molecule has 4 atom stereocenters. The summed E-state index contributed by atoms with van der Waals surface area (Å²) in [7, 11) is 0. The van der Waals surface area contributed by atoms with E-state index in [1.54, 1.807) is 6.92 Å². The highest BCUT2D eigenvalue weighted by molar-refractivity contribution is 6.25. The number of ketones is 3. The first-order chi connectivity index (χ1) is 22.1. The second-order valence-corrected chi connectivity index (χ2v) is 17.0. The third kappa shape index (κ3) is 5.33. The van der Waals surface area contributed by atoms with Gasteiger partial charge < -0.3 is 20.4 Å². The molecule has 1 unspecified atom stereocenters. The minimum atomic E-state index is -2.62. The van der Waals surface area contributed by atoms with E-state index >= 15 is 0 Å². The molecule has 5 rings (SSSR count). The van der Waals surface area contributed by atoms with Crippen molar-refractivity contribution in [2.24, 2.45) is 28.1 Å². The van der Waals surface area contributed by atoms with Gasteiger partial charge in [-0.1, -0.05) is 92.6 Å². The maximum absolute atomic E-state index is 14.6. The number of hydrogen-bond acceptors (Lipinski definition) is 7. The monoisotopic (exact) mass is 656 g/mol. The number of Topliss-reactive ketones (excluding diaryl/α,β-unsaturated/α-hetero) is 3. The number of carbonyl (C=O) groups is 3. The molecule has 0 aliphatic heterocycles. The highest BCUT2D eigenvalue weighted by Crippen LogP contribution is 2.65. The molecule has 0 heterocycles. The van der Waals surface area contributed by atoms with Crippen LogP contribution in [0, 0.1) is 28.1 Å². The van der Waals surface area contributed by atoms with Crippen LogP contribution < -0.4 is 0 Å². The van der Waals surface area contributed by atoms with Gasteiger partial charge in [0.15, 0.2) is 17.2 Å². The Bertz CT molecular complexity index is 1770. The lowest BCUT2D eigenvalue weighted by Gasteiger charge is -2.59. The van der Waals surface area contributed by atoms with Crippen LogP contribution in [0.2, 0.25) is 0 Å². The number of phenolic OH excluding ortho intramolecular Hbond substituents is 1. The second-order valence-electron chi connectivity index (χ2n) is 17.0. The summed E-state index contributed by atoms with van der Waals surface area (Å²) >= 11 is 0. The number of hydrogen-bond donors (Lipinski definition) is 4. The molecule has 0 radical (unpaired) electrons. The van der Waals surface area contributed by atoms with E-state index in [0.29, 0.717) is 24.0 Å². The smallest absolute Gasteiger partial charge is 0.209 e. The summed E-state index contributed by atoms with van der Waals surface area (Å²) in [5.74, 6) is -4.93. The van der Waals surface area contributed by atoms with Gasteiger partial charge in [-0.25, -0.2) is 0 Å². The van der Waals surface area contributed by atoms with Crippen molar-refractivity contribution in [3.8, 4) is 5.75 Å². The van der Waals surface area contributed by atoms with Gasteiger partial charge in [-0.2, -0.15) is 0 Å². The molecule has 48 heavy (non-hydrogen) atoms. The molecule has 0 saturated heterocycles. The SMILES string of the molecule is CC(=O)C1=C(O)C(C(C)C)[C@@]2(C)C[C@@]3(C)Cc4c(C(C)C)cc(CCc5ccc(CC(C)(C)C)cc5)c(O)c4C(=O)C3=C(O)[C@@]2(O)C1=O. The molecule has 0 amide bonds. The van der Waals surface area contributed by atoms with Crippen LogP contribution in [-0.2, 0) is 35.3 Å². The molecular weight excluding hydrogens is 604 g/mol. The summed E-state index contributed by atoms with van der Waals surface area (Å²) in [6.07, 6.45) is 2.45. The average Bonchev–Trinajstić information content (AvgIpc) is 2.94. The minimum absolute atomic E-state index is 0.0196. The largest absolute Gasteiger partial charge is 0.511 e. The number of aliphatic hydroxyl groups is 3. The molecule has 258 valence electrons. The molecule has 7 heteroatoms. The summed E-state index contributed by atoms with van der Waals surface area (Å²) in [5, 5.41) is 47.5. The van der Waals surface area contributed by atoms with E-state index in [1.807, 2.05) is 40.7 Å². The maximum atomic E-state index is 14.6. The molecule has 2 aromatic rings. The summed E-state index contributed by atoms with van der Waals surface area (Å²) in [5.41, 5.74) is -0.883. The van der Waals surface area contributed by atoms with Crippen molar-refractivity contribution in [1.29, 1.82) is 0 Å². The Morgan fingerprint density at radius 3 is 2.06 bits per heavy atom. The van der Waals surface area contributed by atoms with Crippen molar-refractivity contribution in [2.45, 2.75) is 113 Å². The van der Waals surface area contributed by atoms with Crippen molar-refractivity contribution in [3.05, 3.63) is 86.4 Å². The van der Waals surface area contributed by atoms with Crippen LogP contribution in [0.25, 0.3) is 0 Å². The third-order valence-corrected chi connectivity index (χ3v) is 11.2. The van der Waals surface area contributed by atoms with Crippen LogP contribution in [0.3, 0.4) is 0 Å². The number of fused-ring (bicyclic) bond motifs is 3. The number of rotatable bonds is 7. The van der Waals surface area contributed by atoms with Gasteiger partial charge in [-0.3, -0.25) is 14.4 Å². The van der Waals surface area contributed by atoms with Gasteiger partial charge in [0.1, 0.15) is 22.8 Å². The molecule has 0 fully saturated rings. The Hall–Kier alpha value is -3.71. The first-order valence-corrected chi connectivity index (χ1v) is 17.2. The zero-order chi connectivity index (χ0) is 35.9. The summed E-state index contributed by atoms with van der Waals surface area (Å²) in [4.78, 5) is 41.3. The lowest BCUT2D eigenvalue weighted by molar-refractivity contribution is -0.171. The number of aryl methyl sites for hydroxylation is 2. The number of aliphatic hydroxyl groups excluding tert-OH is 2. The van der Waals surface area contributed by atoms with Gasteiger partial charge in [-0.05, 0) is 84.1 Å². The summed E-state index contributed by atoms with van der Waals surface area (Å²) in [6, 6.07) is 10.5. The Labute approximate surface area is 284 Å². The number of aromatic hydroxyl groups is 1. The minimum Gasteiger partial charge on any atom is -0.511 e. The molecule has 0 spiro atoms. The average molecular weight is 657 g/mol. The van der Waals surface area contributed by atoms with Crippen molar-refractivity contribution in [3.63, 3.8) is 0 Å². The van der Waals surface area contributed by atoms with Gasteiger partial charge in [0.2, 0.25) is 5.78 Å². The topological polar surface area (TPSA) is 132 Å². The zero-order valence-electron chi connectivity index (χ0n) is 30.2. The van der Waals surface area contributed by atoms with Crippen molar-refractivity contribution in [1.82, 2.24) is 0 Å². The van der Waals surface area contributed by atoms with Gasteiger partial charge in [0.05, 0.1) is 5.56 Å². The van der Waals surface area contributed by atoms with E-state index in [4.69, 9.17) is 0 Å². The van der Waals surface area contributed by atoms with Gasteiger partial charge in [0.25, 0.3) is 0 Å². The third-order valence-electron chi connectivity index (χ3n) is 11.2. The molecular formula is C41H52O7. The fourth-order valence-electron chi connectivity index (χ4n) is 9.31. The quantitative estimate of drug-likeness (QED) is 0.223. The van der Waals surface area contributed by atoms with Crippen LogP contribution >= 0.6 is 0 Å².